The van der Waals surface area contributed by atoms with Gasteiger partial charge in [0, 0.05) is 17.0 Å². The molecule has 5 nitrogen and oxygen atoms in total. The van der Waals surface area contributed by atoms with Crippen molar-refractivity contribution >= 4 is 16.1 Å². The van der Waals surface area contributed by atoms with Crippen molar-refractivity contribution in [3.63, 3.8) is 0 Å². The minimum absolute atomic E-state index is 0. The van der Waals surface area contributed by atoms with Gasteiger partial charge in [-0.05, 0) is 28.9 Å². The Kier molecular flexibility index (Phi) is 10.4. The van der Waals surface area contributed by atoms with E-state index in [2.05, 4.69) is 13.8 Å². The van der Waals surface area contributed by atoms with Gasteiger partial charge in [-0.1, -0.05) is 90.4 Å². The predicted molar refractivity (Wildman–Crippen MR) is 122 cm³/mol. The van der Waals surface area contributed by atoms with Gasteiger partial charge in [-0.3, -0.25) is 4.79 Å². The van der Waals surface area contributed by atoms with Crippen LogP contribution in [0.15, 0.2) is 42.5 Å². The maximum absolute atomic E-state index is 13.8. The van der Waals surface area contributed by atoms with Crippen LogP contribution in [0.4, 0.5) is 0 Å². The van der Waals surface area contributed by atoms with Crippen LogP contribution in [0.5, 0.6) is 5.75 Å². The molecule has 2 rings (SSSR count). The molecule has 2 N–H and O–H groups in total. The molecule has 0 saturated heterocycles. The van der Waals surface area contributed by atoms with Crippen LogP contribution in [-0.4, -0.2) is 14.2 Å². The fourth-order valence-electron chi connectivity index (χ4n) is 3.87. The number of hydrogen-bond acceptors (Lipinski definition) is 4. The molecule has 2 aromatic rings. The van der Waals surface area contributed by atoms with Gasteiger partial charge in [0.25, 0.3) is 0 Å². The summed E-state index contributed by atoms with van der Waals surface area (Å²) in [5.41, 5.74) is 2.74. The molecule has 0 aromatic heterocycles. The third-order valence-corrected chi connectivity index (χ3v) is 5.94. The van der Waals surface area contributed by atoms with Crippen molar-refractivity contribution in [3.8, 4) is 5.75 Å². The van der Waals surface area contributed by atoms with Crippen LogP contribution in [0.2, 0.25) is 0 Å². The van der Waals surface area contributed by atoms with Gasteiger partial charge in [-0.25, -0.2) is 0 Å². The van der Waals surface area contributed by atoms with E-state index >= 15 is 0 Å². The van der Waals surface area contributed by atoms with Gasteiger partial charge in [0.2, 0.25) is 0 Å². The van der Waals surface area contributed by atoms with Gasteiger partial charge in [0.15, 0.2) is 11.5 Å². The molecule has 0 aliphatic heterocycles. The molecule has 0 fully saturated rings. The molecule has 166 valence electrons. The van der Waals surface area contributed by atoms with Crippen molar-refractivity contribution in [2.75, 3.05) is 0 Å². The molecule has 0 aliphatic rings. The number of ketones is 1. The maximum Gasteiger partial charge on any atom is 1.00 e. The summed E-state index contributed by atoms with van der Waals surface area (Å²) in [4.78, 5) is 13.8. The average Bonchev–Trinajstić information content (AvgIpc) is 2.66. The summed E-state index contributed by atoms with van der Waals surface area (Å²) >= 11 is 0. The van der Waals surface area contributed by atoms with Crippen LogP contribution in [0.25, 0.3) is 0 Å². The minimum atomic E-state index is -4.24. The molecule has 0 saturated carbocycles. The Bertz CT molecular complexity index is 995. The van der Waals surface area contributed by atoms with E-state index in [1.165, 1.54) is 0 Å². The van der Waals surface area contributed by atoms with Crippen molar-refractivity contribution in [2.24, 2.45) is 11.1 Å². The van der Waals surface area contributed by atoms with E-state index in [1.54, 1.807) is 12.1 Å². The monoisotopic (exact) mass is 455 g/mol. The molecule has 0 bridgehead atoms. The van der Waals surface area contributed by atoms with Crippen LogP contribution in [-0.2, 0) is 10.3 Å². The quantitative estimate of drug-likeness (QED) is 0.465. The molecule has 31 heavy (non-hydrogen) atoms. The third kappa shape index (κ3) is 6.90. The van der Waals surface area contributed by atoms with Crippen molar-refractivity contribution < 1.29 is 48.4 Å². The number of hydrogen-bond donors (Lipinski definition) is 1. The van der Waals surface area contributed by atoms with E-state index in [4.69, 9.17) is 9.32 Å². The molecule has 7 heteroatoms. The molecule has 2 atom stereocenters. The van der Waals surface area contributed by atoms with Gasteiger partial charge < -0.3 is 5.61 Å². The molecule has 0 spiro atoms. The first-order valence-electron chi connectivity index (χ1n) is 10.5. The number of benzene rings is 2. The Morgan fingerprint density at radius 2 is 1.58 bits per heavy atom. The van der Waals surface area contributed by atoms with E-state index in [0.29, 0.717) is 16.7 Å². The SMILES string of the molecule is CCC(C)C(C(=O)c1ccc(C(C)C)c(OS(N)(=O)=O)c1C(C)C)c1ccccc1.[H-].[Na+]. The van der Waals surface area contributed by atoms with Crippen molar-refractivity contribution in [1.82, 2.24) is 0 Å². The van der Waals surface area contributed by atoms with Gasteiger partial charge in [-0.15, -0.1) is 0 Å². The van der Waals surface area contributed by atoms with Crippen molar-refractivity contribution in [1.29, 1.82) is 0 Å². The van der Waals surface area contributed by atoms with E-state index in [0.717, 1.165) is 12.0 Å². The van der Waals surface area contributed by atoms with E-state index in [-0.39, 0.29) is 66.2 Å². The number of carbonyl (C=O) groups excluding carboxylic acids is 1. The van der Waals surface area contributed by atoms with E-state index in [1.807, 2.05) is 58.0 Å². The van der Waals surface area contributed by atoms with Crippen LogP contribution < -0.4 is 38.9 Å². The molecular weight excluding hydrogens is 421 g/mol. The predicted octanol–water partition coefficient (Wildman–Crippen LogP) is 2.64. The summed E-state index contributed by atoms with van der Waals surface area (Å²) in [7, 11) is -4.24. The summed E-state index contributed by atoms with van der Waals surface area (Å²) in [6, 6.07) is 13.3. The largest absolute Gasteiger partial charge is 1.00 e. The number of Topliss-reactive ketones (excluding diaryl/α,β-unsaturated/α-hetero) is 1. The van der Waals surface area contributed by atoms with Crippen LogP contribution in [0.3, 0.4) is 0 Å². The van der Waals surface area contributed by atoms with Crippen LogP contribution >= 0.6 is 0 Å². The number of nitrogens with two attached hydrogens (primary N) is 1. The standard InChI is InChI=1S/C24H33NO4S.Na.H/c1-7-17(6)22(18-11-9-8-10-12-18)23(26)20-14-13-19(15(2)3)24(21(20)16(4)5)29-30(25,27)28;;/h8-17,22H,7H2,1-6H3,(H2,25,27,28);;/q;+1;-1. The molecule has 0 aliphatic carbocycles. The Hall–Kier alpha value is -1.18. The van der Waals surface area contributed by atoms with Crippen molar-refractivity contribution in [2.45, 2.75) is 65.7 Å². The zero-order valence-electron chi connectivity index (χ0n) is 20.7. The molecule has 0 radical (unpaired) electrons. The molecule has 0 amide bonds. The fourth-order valence-corrected chi connectivity index (χ4v) is 4.29. The molecule has 2 aromatic carbocycles. The number of carbonyl (C=O) groups is 1. The molecular formula is C24H34NNaO4S. The summed E-state index contributed by atoms with van der Waals surface area (Å²) in [5.74, 6) is -0.193. The van der Waals surface area contributed by atoms with Gasteiger partial charge in [0.1, 0.15) is 0 Å². The first kappa shape index (κ1) is 27.9. The minimum Gasteiger partial charge on any atom is -1.00 e. The first-order valence-corrected chi connectivity index (χ1v) is 11.9. The van der Waals surface area contributed by atoms with E-state index < -0.39 is 10.3 Å². The fraction of sp³-hybridized carbons (Fsp3) is 0.458. The Labute approximate surface area is 210 Å². The molecule has 2 unspecified atom stereocenters. The zero-order valence-corrected chi connectivity index (χ0v) is 22.5. The Morgan fingerprint density at radius 3 is 2.03 bits per heavy atom. The second-order valence-electron chi connectivity index (χ2n) is 8.47. The maximum atomic E-state index is 13.8. The zero-order chi connectivity index (χ0) is 22.6. The number of rotatable bonds is 9. The van der Waals surface area contributed by atoms with Crippen molar-refractivity contribution in [3.05, 3.63) is 64.7 Å². The van der Waals surface area contributed by atoms with Gasteiger partial charge in [0.05, 0.1) is 0 Å². The van der Waals surface area contributed by atoms with Gasteiger partial charge in [-0.2, -0.15) is 13.6 Å². The first-order chi connectivity index (χ1) is 14.0. The van der Waals surface area contributed by atoms with E-state index in [9.17, 15) is 13.2 Å². The summed E-state index contributed by atoms with van der Waals surface area (Å²) in [5, 5.41) is 5.22. The second-order valence-corrected chi connectivity index (χ2v) is 9.62. The molecule has 0 heterocycles. The normalized spacial score (nSPS) is 13.6. The Morgan fingerprint density at radius 1 is 1.00 bits per heavy atom. The average molecular weight is 456 g/mol. The Balaban J connectivity index is 0.00000480. The van der Waals surface area contributed by atoms with Crippen LogP contribution in [0, 0.1) is 5.92 Å². The van der Waals surface area contributed by atoms with Gasteiger partial charge >= 0.3 is 39.9 Å². The topological polar surface area (TPSA) is 86.5 Å². The summed E-state index contributed by atoms with van der Waals surface area (Å²) < 4.78 is 28.9. The smallest absolute Gasteiger partial charge is 1.00 e. The summed E-state index contributed by atoms with van der Waals surface area (Å²) in [6.07, 6.45) is 0.840. The summed E-state index contributed by atoms with van der Waals surface area (Å²) in [6.45, 7) is 11.9. The van der Waals surface area contributed by atoms with Crippen LogP contribution in [0.1, 0.15) is 94.2 Å². The second kappa shape index (κ2) is 11.6. The third-order valence-electron chi connectivity index (χ3n) is 5.54.